The highest BCUT2D eigenvalue weighted by Crippen LogP contribution is 2.47. The van der Waals surface area contributed by atoms with E-state index in [0.717, 1.165) is 37.3 Å². The molecule has 0 amide bonds. The van der Waals surface area contributed by atoms with Gasteiger partial charge in [0.05, 0.1) is 0 Å². The summed E-state index contributed by atoms with van der Waals surface area (Å²) in [5.74, 6) is 2.30. The first-order valence-corrected chi connectivity index (χ1v) is 12.5. The average Bonchev–Trinajstić information content (AvgIpc) is 3.16. The number of hydrogen-bond donors (Lipinski definition) is 3. The molecule has 1 aromatic rings. The Labute approximate surface area is 175 Å². The van der Waals surface area contributed by atoms with Crippen LogP contribution in [-0.4, -0.2) is 51.8 Å². The van der Waals surface area contributed by atoms with Crippen LogP contribution in [0.5, 0.6) is 5.75 Å². The molecule has 0 aliphatic carbocycles. The molecule has 1 saturated heterocycles. The van der Waals surface area contributed by atoms with E-state index in [4.69, 9.17) is 4.74 Å². The Morgan fingerprint density at radius 2 is 2.07 bits per heavy atom. The number of hydrogen-bond acceptors (Lipinski definition) is 7. The Morgan fingerprint density at radius 1 is 1.29 bits per heavy atom. The van der Waals surface area contributed by atoms with Crippen molar-refractivity contribution in [2.24, 2.45) is 5.92 Å². The third-order valence-corrected chi connectivity index (χ3v) is 8.97. The number of benzene rings is 1. The van der Waals surface area contributed by atoms with Crippen LogP contribution in [0.3, 0.4) is 0 Å². The summed E-state index contributed by atoms with van der Waals surface area (Å²) in [6.07, 6.45) is 2.03. The summed E-state index contributed by atoms with van der Waals surface area (Å²) in [5.41, 5.74) is 2.12. The van der Waals surface area contributed by atoms with Crippen molar-refractivity contribution < 1.29 is 15.1 Å². The fourth-order valence-corrected chi connectivity index (χ4v) is 7.31. The topological polar surface area (TPSA) is 65.0 Å². The molecular formula is C21H32N2O3S2. The first-order chi connectivity index (χ1) is 13.2. The van der Waals surface area contributed by atoms with Gasteiger partial charge in [0.2, 0.25) is 0 Å². The van der Waals surface area contributed by atoms with Crippen LogP contribution >= 0.6 is 21.6 Å². The molecule has 0 saturated carbocycles. The fraction of sp³-hybridized carbons (Fsp3) is 0.714. The molecule has 0 bridgehead atoms. The van der Waals surface area contributed by atoms with Gasteiger partial charge in [-0.2, -0.15) is 5.06 Å². The Kier molecular flexibility index (Phi) is 5.70. The Hall–Kier alpha value is -0.440. The standard InChI is InChI=1S/C21H32N2O3S2/c1-20(2)9-15(21(3,4)23(20)25)10-22-11-16(24)17-6-5-13-8-19-14(12-27-28-19)7-18(13)26-17/h7-8,15-17,22,24-25H,5-6,9-12H2,1-4H3. The van der Waals surface area contributed by atoms with Gasteiger partial charge < -0.3 is 20.4 Å². The quantitative estimate of drug-likeness (QED) is 0.621. The number of fused-ring (bicyclic) bond motifs is 2. The van der Waals surface area contributed by atoms with Gasteiger partial charge in [-0.05, 0) is 82.7 Å². The minimum atomic E-state index is -0.534. The van der Waals surface area contributed by atoms with E-state index in [9.17, 15) is 10.3 Å². The van der Waals surface area contributed by atoms with Gasteiger partial charge in [-0.1, -0.05) is 21.6 Å². The minimum Gasteiger partial charge on any atom is -0.487 e. The van der Waals surface area contributed by atoms with Crippen molar-refractivity contribution in [3.8, 4) is 5.75 Å². The predicted molar refractivity (Wildman–Crippen MR) is 115 cm³/mol. The van der Waals surface area contributed by atoms with Crippen molar-refractivity contribution in [3.05, 3.63) is 23.3 Å². The second-order valence-corrected chi connectivity index (χ2v) is 11.9. The van der Waals surface area contributed by atoms with Gasteiger partial charge in [-0.3, -0.25) is 0 Å². The highest BCUT2D eigenvalue weighted by atomic mass is 33.1. The lowest BCUT2D eigenvalue weighted by molar-refractivity contribution is -0.196. The number of aliphatic hydroxyl groups excluding tert-OH is 1. The Morgan fingerprint density at radius 3 is 2.79 bits per heavy atom. The normalized spacial score (nSPS) is 29.2. The number of ether oxygens (including phenoxy) is 1. The van der Waals surface area contributed by atoms with Gasteiger partial charge in [0, 0.05) is 28.3 Å². The molecule has 7 heteroatoms. The van der Waals surface area contributed by atoms with Crippen LogP contribution in [0.1, 0.15) is 51.7 Å². The summed E-state index contributed by atoms with van der Waals surface area (Å²) in [5, 5.41) is 26.1. The molecule has 4 rings (SSSR count). The highest BCUT2D eigenvalue weighted by molar-refractivity contribution is 8.76. The minimum absolute atomic E-state index is 0.165. The van der Waals surface area contributed by atoms with E-state index in [-0.39, 0.29) is 17.2 Å². The molecule has 0 spiro atoms. The monoisotopic (exact) mass is 424 g/mol. The molecule has 156 valence electrons. The molecule has 28 heavy (non-hydrogen) atoms. The third-order valence-electron chi connectivity index (χ3n) is 6.62. The van der Waals surface area contributed by atoms with Gasteiger partial charge in [0.25, 0.3) is 0 Å². The smallest absolute Gasteiger partial charge is 0.126 e. The van der Waals surface area contributed by atoms with E-state index in [1.54, 1.807) is 0 Å². The average molecular weight is 425 g/mol. The molecule has 0 radical (unpaired) electrons. The molecule has 3 heterocycles. The lowest BCUT2D eigenvalue weighted by Gasteiger charge is -2.36. The molecule has 3 atom stereocenters. The lowest BCUT2D eigenvalue weighted by Crippen LogP contribution is -2.49. The molecule has 5 nitrogen and oxygen atoms in total. The molecule has 0 aromatic heterocycles. The molecular weight excluding hydrogens is 392 g/mol. The Bertz CT molecular complexity index is 741. The first-order valence-electron chi connectivity index (χ1n) is 10.2. The maximum Gasteiger partial charge on any atom is 0.126 e. The molecule has 3 N–H and O–H groups in total. The van der Waals surface area contributed by atoms with Gasteiger partial charge >= 0.3 is 0 Å². The van der Waals surface area contributed by atoms with Crippen molar-refractivity contribution in [1.82, 2.24) is 10.4 Å². The van der Waals surface area contributed by atoms with Crippen molar-refractivity contribution in [2.75, 3.05) is 13.1 Å². The zero-order valence-corrected chi connectivity index (χ0v) is 18.8. The van der Waals surface area contributed by atoms with E-state index in [1.165, 1.54) is 21.1 Å². The summed E-state index contributed by atoms with van der Waals surface area (Å²) in [7, 11) is 3.72. The van der Waals surface area contributed by atoms with E-state index < -0.39 is 6.10 Å². The summed E-state index contributed by atoms with van der Waals surface area (Å²) in [6.45, 7) is 9.60. The zero-order valence-electron chi connectivity index (χ0n) is 17.2. The highest BCUT2D eigenvalue weighted by Gasteiger charge is 2.50. The molecule has 3 unspecified atom stereocenters. The second kappa shape index (κ2) is 7.67. The maximum atomic E-state index is 10.7. The van der Waals surface area contributed by atoms with E-state index in [0.29, 0.717) is 12.5 Å². The van der Waals surface area contributed by atoms with Gasteiger partial charge in [-0.15, -0.1) is 0 Å². The third kappa shape index (κ3) is 3.82. The predicted octanol–water partition coefficient (Wildman–Crippen LogP) is 3.85. The number of aliphatic hydroxyl groups is 1. The number of nitrogens with zero attached hydrogens (tertiary/aromatic N) is 1. The summed E-state index contributed by atoms with van der Waals surface area (Å²) in [4.78, 5) is 1.37. The molecule has 1 fully saturated rings. The summed E-state index contributed by atoms with van der Waals surface area (Å²) < 4.78 is 6.18. The van der Waals surface area contributed by atoms with Crippen LogP contribution in [0.15, 0.2) is 17.0 Å². The van der Waals surface area contributed by atoms with Gasteiger partial charge in [0.1, 0.15) is 18.0 Å². The second-order valence-electron chi connectivity index (χ2n) is 9.51. The van der Waals surface area contributed by atoms with Crippen molar-refractivity contribution in [1.29, 1.82) is 0 Å². The zero-order chi connectivity index (χ0) is 20.1. The van der Waals surface area contributed by atoms with E-state index >= 15 is 0 Å². The van der Waals surface area contributed by atoms with Crippen molar-refractivity contribution in [2.45, 2.75) is 80.9 Å². The van der Waals surface area contributed by atoms with Crippen LogP contribution in [0.25, 0.3) is 0 Å². The van der Waals surface area contributed by atoms with Gasteiger partial charge in [-0.25, -0.2) is 0 Å². The lowest BCUT2D eigenvalue weighted by atomic mass is 9.87. The summed E-state index contributed by atoms with van der Waals surface area (Å²) in [6, 6.07) is 4.43. The Balaban J connectivity index is 1.31. The molecule has 1 aromatic carbocycles. The summed E-state index contributed by atoms with van der Waals surface area (Å²) >= 11 is 0. The number of rotatable bonds is 5. The van der Waals surface area contributed by atoms with E-state index in [2.05, 4.69) is 45.1 Å². The first kappa shape index (κ1) is 20.8. The SMILES string of the molecule is CC1(C)CC(CNCC(O)C2CCc3cc4c(cc3O2)CSS4)C(C)(C)N1O. The molecule has 3 aliphatic rings. The van der Waals surface area contributed by atoms with Crippen LogP contribution in [0, 0.1) is 5.92 Å². The fourth-order valence-electron chi connectivity index (χ4n) is 4.84. The van der Waals surface area contributed by atoms with Crippen LogP contribution in [0.2, 0.25) is 0 Å². The number of aryl methyl sites for hydroxylation is 1. The van der Waals surface area contributed by atoms with Crippen LogP contribution in [0.4, 0.5) is 0 Å². The van der Waals surface area contributed by atoms with Crippen LogP contribution < -0.4 is 10.1 Å². The maximum absolute atomic E-state index is 10.7. The van der Waals surface area contributed by atoms with Gasteiger partial charge in [0.15, 0.2) is 0 Å². The van der Waals surface area contributed by atoms with Crippen molar-refractivity contribution in [3.63, 3.8) is 0 Å². The van der Waals surface area contributed by atoms with Crippen molar-refractivity contribution >= 4 is 21.6 Å². The van der Waals surface area contributed by atoms with Crippen LogP contribution in [-0.2, 0) is 12.2 Å². The molecule has 3 aliphatic heterocycles. The number of hydroxylamine groups is 2. The number of nitrogens with one attached hydrogen (secondary N) is 1. The van der Waals surface area contributed by atoms with E-state index in [1.807, 2.05) is 21.6 Å². The largest absolute Gasteiger partial charge is 0.487 e.